The van der Waals surface area contributed by atoms with Crippen LogP contribution in [0, 0.1) is 0 Å². The monoisotopic (exact) mass is 375 g/mol. The second kappa shape index (κ2) is 7.06. The highest BCUT2D eigenvalue weighted by Gasteiger charge is 2.32. The van der Waals surface area contributed by atoms with Gasteiger partial charge in [0.15, 0.2) is 0 Å². The molecule has 0 unspecified atom stereocenters. The molecule has 1 aliphatic rings. The summed E-state index contributed by atoms with van der Waals surface area (Å²) in [7, 11) is -3.69. The summed E-state index contributed by atoms with van der Waals surface area (Å²) in [5.74, 6) is 0. The third kappa shape index (κ3) is 3.95. The van der Waals surface area contributed by atoms with Crippen LogP contribution in [-0.4, -0.2) is 18.2 Å². The van der Waals surface area contributed by atoms with Crippen LogP contribution in [0.15, 0.2) is 35.4 Å². The summed E-state index contributed by atoms with van der Waals surface area (Å²) >= 11 is 0. The van der Waals surface area contributed by atoms with Gasteiger partial charge in [0.2, 0.25) is 0 Å². The Morgan fingerprint density at radius 1 is 1.15 bits per heavy atom. The topological polar surface area (TPSA) is 64.0 Å². The van der Waals surface area contributed by atoms with Crippen LogP contribution < -0.4 is 4.72 Å². The van der Waals surface area contributed by atoms with Crippen LogP contribution in [0.3, 0.4) is 0 Å². The van der Waals surface area contributed by atoms with Crippen LogP contribution in [0.5, 0.6) is 0 Å². The second-order valence-corrected chi connectivity index (χ2v) is 9.82. The number of hydrogen-bond acceptors (Lipinski definition) is 3. The summed E-state index contributed by atoms with van der Waals surface area (Å²) in [5.41, 5.74) is 2.04. The molecule has 0 spiro atoms. The summed E-state index contributed by atoms with van der Waals surface area (Å²) in [6.07, 6.45) is 7.14. The molecule has 3 rings (SSSR count). The molecule has 1 fully saturated rings. The summed E-state index contributed by atoms with van der Waals surface area (Å²) < 4.78 is 30.8. The number of anilines is 1. The van der Waals surface area contributed by atoms with E-state index in [0.29, 0.717) is 17.4 Å². The van der Waals surface area contributed by atoms with E-state index in [2.05, 4.69) is 11.6 Å². The lowest BCUT2D eigenvalue weighted by atomic mass is 9.92. The van der Waals surface area contributed by atoms with Gasteiger partial charge in [-0.05, 0) is 37.0 Å². The molecule has 0 atom stereocenters. The van der Waals surface area contributed by atoms with Crippen molar-refractivity contribution in [3.05, 3.63) is 41.7 Å². The van der Waals surface area contributed by atoms with E-state index in [1.54, 1.807) is 6.20 Å². The first-order chi connectivity index (χ1) is 12.2. The van der Waals surface area contributed by atoms with Gasteiger partial charge in [-0.15, -0.1) is 0 Å². The Kier molecular flexibility index (Phi) is 5.15. The van der Waals surface area contributed by atoms with Crippen molar-refractivity contribution < 1.29 is 8.42 Å². The molecule has 1 aliphatic carbocycles. The zero-order chi connectivity index (χ0) is 18.9. The van der Waals surface area contributed by atoms with E-state index >= 15 is 0 Å². The summed E-state index contributed by atoms with van der Waals surface area (Å²) in [4.78, 5) is 0.288. The Labute approximate surface area is 156 Å². The molecule has 2 aromatic rings. The summed E-state index contributed by atoms with van der Waals surface area (Å²) in [6, 6.07) is 7.83. The summed E-state index contributed by atoms with van der Waals surface area (Å²) in [6.45, 7) is 8.09. The number of hydrogen-bond donors (Lipinski definition) is 1. The Hall–Kier alpha value is -1.82. The predicted molar refractivity (Wildman–Crippen MR) is 105 cm³/mol. The maximum Gasteiger partial charge on any atom is 0.265 e. The van der Waals surface area contributed by atoms with Gasteiger partial charge in [0.05, 0.1) is 11.7 Å². The second-order valence-electron chi connectivity index (χ2n) is 8.17. The maximum atomic E-state index is 13.1. The van der Waals surface area contributed by atoms with Crippen molar-refractivity contribution in [3.8, 4) is 0 Å². The van der Waals surface area contributed by atoms with Gasteiger partial charge < -0.3 is 0 Å². The zero-order valence-electron chi connectivity index (χ0n) is 16.1. The predicted octanol–water partition coefficient (Wildman–Crippen LogP) is 4.66. The van der Waals surface area contributed by atoms with Gasteiger partial charge in [0, 0.05) is 17.3 Å². The number of aromatic nitrogens is 2. The Bertz CT molecular complexity index is 855. The van der Waals surface area contributed by atoms with Crippen molar-refractivity contribution in [2.24, 2.45) is 0 Å². The molecule has 1 N–H and O–H groups in total. The van der Waals surface area contributed by atoms with Crippen LogP contribution in [0.4, 0.5) is 5.69 Å². The Morgan fingerprint density at radius 3 is 2.31 bits per heavy atom. The van der Waals surface area contributed by atoms with Crippen molar-refractivity contribution in [1.82, 2.24) is 9.78 Å². The highest BCUT2D eigenvalue weighted by Crippen LogP contribution is 2.34. The molecule has 1 saturated carbocycles. The lowest BCUT2D eigenvalue weighted by Crippen LogP contribution is -2.20. The largest absolute Gasteiger partial charge is 0.280 e. The number of rotatable bonds is 5. The van der Waals surface area contributed by atoms with E-state index in [0.717, 1.165) is 19.3 Å². The first kappa shape index (κ1) is 19.0. The van der Waals surface area contributed by atoms with Gasteiger partial charge in [-0.1, -0.05) is 52.7 Å². The SMILES string of the molecule is CCc1ccc(NS(=O)(=O)c2cn(C3CCCC3)nc2C(C)(C)C)cc1. The Balaban J connectivity index is 1.96. The fraction of sp³-hybridized carbons (Fsp3) is 0.550. The zero-order valence-corrected chi connectivity index (χ0v) is 16.9. The van der Waals surface area contributed by atoms with Crippen molar-refractivity contribution >= 4 is 15.7 Å². The van der Waals surface area contributed by atoms with Crippen molar-refractivity contribution in [1.29, 1.82) is 0 Å². The first-order valence-corrected chi connectivity index (χ1v) is 10.9. The van der Waals surface area contributed by atoms with Gasteiger partial charge in [-0.25, -0.2) is 8.42 Å². The molecule has 1 aromatic heterocycles. The van der Waals surface area contributed by atoms with Crippen LogP contribution in [0.1, 0.15) is 70.7 Å². The van der Waals surface area contributed by atoms with E-state index in [9.17, 15) is 8.42 Å². The van der Waals surface area contributed by atoms with Crippen molar-refractivity contribution in [3.63, 3.8) is 0 Å². The highest BCUT2D eigenvalue weighted by molar-refractivity contribution is 7.92. The fourth-order valence-electron chi connectivity index (χ4n) is 3.47. The minimum atomic E-state index is -3.69. The number of nitrogens with one attached hydrogen (secondary N) is 1. The van der Waals surface area contributed by atoms with Gasteiger partial charge in [0.1, 0.15) is 4.90 Å². The highest BCUT2D eigenvalue weighted by atomic mass is 32.2. The van der Waals surface area contributed by atoms with Gasteiger partial charge >= 0.3 is 0 Å². The molecule has 142 valence electrons. The van der Waals surface area contributed by atoms with E-state index < -0.39 is 10.0 Å². The Morgan fingerprint density at radius 2 is 1.77 bits per heavy atom. The molecule has 0 aliphatic heterocycles. The third-order valence-electron chi connectivity index (χ3n) is 5.01. The number of sulfonamides is 1. The fourth-order valence-corrected chi connectivity index (χ4v) is 4.87. The van der Waals surface area contributed by atoms with E-state index in [1.165, 1.54) is 18.4 Å². The molecule has 1 heterocycles. The molecule has 0 radical (unpaired) electrons. The average Bonchev–Trinajstić information content (AvgIpc) is 3.24. The number of benzene rings is 1. The lowest BCUT2D eigenvalue weighted by Gasteiger charge is -2.18. The molecule has 0 saturated heterocycles. The molecule has 5 nitrogen and oxygen atoms in total. The van der Waals surface area contributed by atoms with Gasteiger partial charge in [-0.3, -0.25) is 9.40 Å². The smallest absolute Gasteiger partial charge is 0.265 e. The van der Waals surface area contributed by atoms with Crippen LogP contribution >= 0.6 is 0 Å². The summed E-state index contributed by atoms with van der Waals surface area (Å²) in [5, 5.41) is 4.70. The van der Waals surface area contributed by atoms with Crippen molar-refractivity contribution in [2.75, 3.05) is 4.72 Å². The average molecular weight is 376 g/mol. The normalized spacial score (nSPS) is 16.2. The third-order valence-corrected chi connectivity index (χ3v) is 6.39. The number of aryl methyl sites for hydroxylation is 1. The standard InChI is InChI=1S/C20H29N3O2S/c1-5-15-10-12-16(13-11-15)22-26(24,25)18-14-23(17-8-6-7-9-17)21-19(18)20(2,3)4/h10-14,17,22H,5-9H2,1-4H3. The quantitative estimate of drug-likeness (QED) is 0.827. The minimum absolute atomic E-state index is 0.288. The number of nitrogens with zero attached hydrogens (tertiary/aromatic N) is 2. The molecule has 6 heteroatoms. The molecule has 26 heavy (non-hydrogen) atoms. The lowest BCUT2D eigenvalue weighted by molar-refractivity contribution is 0.448. The van der Waals surface area contributed by atoms with E-state index in [4.69, 9.17) is 5.10 Å². The van der Waals surface area contributed by atoms with Crippen LogP contribution in [-0.2, 0) is 21.9 Å². The molecule has 0 amide bonds. The minimum Gasteiger partial charge on any atom is -0.280 e. The van der Waals surface area contributed by atoms with E-state index in [-0.39, 0.29) is 10.3 Å². The maximum absolute atomic E-state index is 13.1. The molecular formula is C20H29N3O2S. The first-order valence-electron chi connectivity index (χ1n) is 9.42. The molecule has 0 bridgehead atoms. The van der Waals surface area contributed by atoms with Crippen LogP contribution in [0.25, 0.3) is 0 Å². The molecular weight excluding hydrogens is 346 g/mol. The molecule has 1 aromatic carbocycles. The van der Waals surface area contributed by atoms with E-state index in [1.807, 2.05) is 49.7 Å². The van der Waals surface area contributed by atoms with Crippen LogP contribution in [0.2, 0.25) is 0 Å². The van der Waals surface area contributed by atoms with Gasteiger partial charge in [0.25, 0.3) is 10.0 Å². The van der Waals surface area contributed by atoms with Crippen molar-refractivity contribution in [2.45, 2.75) is 76.2 Å². The van der Waals surface area contributed by atoms with Gasteiger partial charge in [-0.2, -0.15) is 5.10 Å².